The summed E-state index contributed by atoms with van der Waals surface area (Å²) in [6.07, 6.45) is 0. The predicted octanol–water partition coefficient (Wildman–Crippen LogP) is -0.181. The second kappa shape index (κ2) is 7.25. The molecule has 0 aliphatic carbocycles. The minimum Gasteiger partial charge on any atom is -0.479 e. The van der Waals surface area contributed by atoms with Crippen molar-refractivity contribution in [3.8, 4) is 0 Å². The average Bonchev–Trinajstić information content (AvgIpc) is 2.44. The fraction of sp³-hybridized carbons (Fsp3) is 0.308. The third-order valence-corrected chi connectivity index (χ3v) is 2.49. The number of benzene rings is 1. The van der Waals surface area contributed by atoms with Gasteiger partial charge in [-0.1, -0.05) is 30.3 Å². The summed E-state index contributed by atoms with van der Waals surface area (Å²) >= 11 is 0. The van der Waals surface area contributed by atoms with E-state index >= 15 is 0 Å². The van der Waals surface area contributed by atoms with Gasteiger partial charge in [0.05, 0.1) is 6.61 Å². The van der Waals surface area contributed by atoms with Crippen LogP contribution in [-0.2, 0) is 19.1 Å². The normalized spacial score (nSPS) is 13.1. The standard InChI is InChI=1S/C13H16N2O5/c1-2-20-13(19)9(14)11(16)15-10(12(17)18)8-6-4-3-5-7-8/h3-7,9-10H,2,14H2,1H3,(H,15,16)(H,17,18)/t9?,10-/m0/s1. The van der Waals surface area contributed by atoms with Crippen molar-refractivity contribution < 1.29 is 24.2 Å². The summed E-state index contributed by atoms with van der Waals surface area (Å²) in [5.74, 6) is -3.05. The highest BCUT2D eigenvalue weighted by Crippen LogP contribution is 2.12. The molecule has 0 fully saturated rings. The minimum absolute atomic E-state index is 0.0842. The lowest BCUT2D eigenvalue weighted by atomic mass is 10.1. The molecule has 1 rings (SSSR count). The number of hydrogen-bond donors (Lipinski definition) is 3. The molecule has 0 bridgehead atoms. The third-order valence-electron chi connectivity index (χ3n) is 2.49. The van der Waals surface area contributed by atoms with Crippen molar-refractivity contribution in [1.82, 2.24) is 5.32 Å². The molecule has 7 heteroatoms. The number of carbonyl (C=O) groups excluding carboxylic acids is 2. The van der Waals surface area contributed by atoms with Crippen molar-refractivity contribution in [2.45, 2.75) is 19.0 Å². The van der Waals surface area contributed by atoms with E-state index in [-0.39, 0.29) is 6.61 Å². The Morgan fingerprint density at radius 1 is 1.30 bits per heavy atom. The van der Waals surface area contributed by atoms with Gasteiger partial charge in [0.15, 0.2) is 12.1 Å². The van der Waals surface area contributed by atoms with Crippen molar-refractivity contribution in [3.05, 3.63) is 35.9 Å². The van der Waals surface area contributed by atoms with E-state index in [9.17, 15) is 14.4 Å². The monoisotopic (exact) mass is 280 g/mol. The van der Waals surface area contributed by atoms with Gasteiger partial charge in [-0.3, -0.25) is 4.79 Å². The zero-order valence-electron chi connectivity index (χ0n) is 10.9. The van der Waals surface area contributed by atoms with Gasteiger partial charge >= 0.3 is 11.9 Å². The highest BCUT2D eigenvalue weighted by molar-refractivity contribution is 6.02. The number of ether oxygens (including phenoxy) is 1. The summed E-state index contributed by atoms with van der Waals surface area (Å²) in [6.45, 7) is 1.66. The fourth-order valence-electron chi connectivity index (χ4n) is 1.50. The number of hydrogen-bond acceptors (Lipinski definition) is 5. The summed E-state index contributed by atoms with van der Waals surface area (Å²) in [5, 5.41) is 11.3. The summed E-state index contributed by atoms with van der Waals surface area (Å²) in [6, 6.07) is 5.27. The zero-order valence-corrected chi connectivity index (χ0v) is 10.9. The summed E-state index contributed by atoms with van der Waals surface area (Å²) in [4.78, 5) is 34.2. The highest BCUT2D eigenvalue weighted by Gasteiger charge is 2.29. The lowest BCUT2D eigenvalue weighted by molar-refractivity contribution is -0.150. The maximum Gasteiger partial charge on any atom is 0.332 e. The number of amides is 1. The number of carboxylic acid groups (broad SMARTS) is 1. The summed E-state index contributed by atoms with van der Waals surface area (Å²) < 4.78 is 4.60. The molecule has 1 unspecified atom stereocenters. The number of nitrogens with two attached hydrogens (primary N) is 1. The van der Waals surface area contributed by atoms with Crippen LogP contribution in [0.1, 0.15) is 18.5 Å². The van der Waals surface area contributed by atoms with E-state index in [1.165, 1.54) is 0 Å². The van der Waals surface area contributed by atoms with Crippen molar-refractivity contribution in [1.29, 1.82) is 0 Å². The molecule has 0 aliphatic rings. The lowest BCUT2D eigenvalue weighted by Gasteiger charge is -2.17. The Bertz CT molecular complexity index is 489. The van der Waals surface area contributed by atoms with Crippen LogP contribution < -0.4 is 11.1 Å². The van der Waals surface area contributed by atoms with Gasteiger partial charge in [-0.15, -0.1) is 0 Å². The van der Waals surface area contributed by atoms with E-state index in [1.807, 2.05) is 0 Å². The number of aliphatic carboxylic acids is 1. The van der Waals surface area contributed by atoms with Crippen LogP contribution in [-0.4, -0.2) is 35.6 Å². The van der Waals surface area contributed by atoms with Crippen molar-refractivity contribution in [2.75, 3.05) is 6.61 Å². The number of carboxylic acids is 1. The quantitative estimate of drug-likeness (QED) is 0.491. The molecule has 0 aromatic heterocycles. The van der Waals surface area contributed by atoms with Crippen LogP contribution in [0.4, 0.5) is 0 Å². The van der Waals surface area contributed by atoms with Gasteiger partial charge in [-0.2, -0.15) is 0 Å². The molecule has 0 spiro atoms. The van der Waals surface area contributed by atoms with Crippen LogP contribution in [0.15, 0.2) is 30.3 Å². The van der Waals surface area contributed by atoms with E-state index in [2.05, 4.69) is 10.1 Å². The predicted molar refractivity (Wildman–Crippen MR) is 69.6 cm³/mol. The molecule has 0 saturated heterocycles. The van der Waals surface area contributed by atoms with Gasteiger partial charge in [0.1, 0.15) is 0 Å². The summed E-state index contributed by atoms with van der Waals surface area (Å²) in [7, 11) is 0. The van der Waals surface area contributed by atoms with E-state index < -0.39 is 29.9 Å². The molecule has 20 heavy (non-hydrogen) atoms. The first-order valence-corrected chi connectivity index (χ1v) is 5.97. The Labute approximate surface area is 115 Å². The number of rotatable bonds is 6. The molecular formula is C13H16N2O5. The Hall–Kier alpha value is -2.41. The first-order valence-electron chi connectivity index (χ1n) is 5.97. The zero-order chi connectivity index (χ0) is 15.1. The van der Waals surface area contributed by atoms with Gasteiger partial charge in [0.25, 0.3) is 0 Å². The van der Waals surface area contributed by atoms with Gasteiger partial charge < -0.3 is 20.9 Å². The average molecular weight is 280 g/mol. The maximum absolute atomic E-state index is 11.7. The highest BCUT2D eigenvalue weighted by atomic mass is 16.5. The number of nitrogens with one attached hydrogen (secondary N) is 1. The largest absolute Gasteiger partial charge is 0.479 e. The fourth-order valence-corrected chi connectivity index (χ4v) is 1.50. The molecule has 1 aromatic rings. The van der Waals surface area contributed by atoms with E-state index in [0.717, 1.165) is 0 Å². The molecule has 4 N–H and O–H groups in total. The van der Waals surface area contributed by atoms with Crippen LogP contribution in [0.25, 0.3) is 0 Å². The molecule has 0 radical (unpaired) electrons. The second-order valence-corrected chi connectivity index (χ2v) is 3.92. The first-order chi connectivity index (χ1) is 9.47. The molecule has 0 heterocycles. The SMILES string of the molecule is CCOC(=O)C(N)C(=O)N[C@H](C(=O)O)c1ccccc1. The first kappa shape index (κ1) is 15.6. The van der Waals surface area contributed by atoms with Crippen LogP contribution in [0, 0.1) is 0 Å². The van der Waals surface area contributed by atoms with Gasteiger partial charge in [-0.05, 0) is 12.5 Å². The molecule has 0 aliphatic heterocycles. The molecule has 108 valence electrons. The van der Waals surface area contributed by atoms with Gasteiger partial charge in [0.2, 0.25) is 5.91 Å². The molecule has 7 nitrogen and oxygen atoms in total. The van der Waals surface area contributed by atoms with Gasteiger partial charge in [0, 0.05) is 0 Å². The molecule has 1 amide bonds. The van der Waals surface area contributed by atoms with E-state index in [1.54, 1.807) is 37.3 Å². The van der Waals surface area contributed by atoms with Crippen LogP contribution in [0.5, 0.6) is 0 Å². The Morgan fingerprint density at radius 2 is 1.90 bits per heavy atom. The van der Waals surface area contributed by atoms with Crippen molar-refractivity contribution in [2.24, 2.45) is 5.73 Å². The minimum atomic E-state index is -1.56. The Balaban J connectivity index is 2.79. The second-order valence-electron chi connectivity index (χ2n) is 3.92. The smallest absolute Gasteiger partial charge is 0.332 e. The van der Waals surface area contributed by atoms with Gasteiger partial charge in [-0.25, -0.2) is 9.59 Å². The van der Waals surface area contributed by atoms with Crippen LogP contribution >= 0.6 is 0 Å². The van der Waals surface area contributed by atoms with E-state index in [0.29, 0.717) is 5.56 Å². The molecule has 2 atom stereocenters. The molecule has 0 saturated carbocycles. The summed E-state index contributed by atoms with van der Waals surface area (Å²) in [5.41, 5.74) is 5.77. The van der Waals surface area contributed by atoms with Crippen molar-refractivity contribution >= 4 is 17.8 Å². The van der Waals surface area contributed by atoms with Crippen LogP contribution in [0.2, 0.25) is 0 Å². The Kier molecular flexibility index (Phi) is 5.67. The Morgan fingerprint density at radius 3 is 2.40 bits per heavy atom. The maximum atomic E-state index is 11.7. The van der Waals surface area contributed by atoms with Crippen molar-refractivity contribution in [3.63, 3.8) is 0 Å². The van der Waals surface area contributed by atoms with E-state index in [4.69, 9.17) is 10.8 Å². The topological polar surface area (TPSA) is 119 Å². The van der Waals surface area contributed by atoms with Crippen LogP contribution in [0.3, 0.4) is 0 Å². The third kappa shape index (κ3) is 4.06. The number of carbonyl (C=O) groups is 3. The molecule has 1 aromatic carbocycles. The lowest BCUT2D eigenvalue weighted by Crippen LogP contribution is -2.49. The molecular weight excluding hydrogens is 264 g/mol. The number of esters is 1.